The van der Waals surface area contributed by atoms with Crippen LogP contribution in [-0.2, 0) is 20.7 Å². The average molecular weight is 635 g/mol. The second-order valence-corrected chi connectivity index (χ2v) is 13.7. The molecule has 5 rings (SSSR count). The summed E-state index contributed by atoms with van der Waals surface area (Å²) in [6, 6.07) is 1.97. The Kier molecular flexibility index (Phi) is 8.93. The van der Waals surface area contributed by atoms with Crippen LogP contribution in [0, 0.1) is 17.3 Å². The van der Waals surface area contributed by atoms with Crippen LogP contribution in [0.15, 0.2) is 18.2 Å². The molecule has 2 aliphatic heterocycles. The minimum atomic E-state index is -4.87. The monoisotopic (exact) mass is 634 g/mol. The first-order valence-electron chi connectivity index (χ1n) is 15.6. The first kappa shape index (κ1) is 32.7. The van der Waals surface area contributed by atoms with Gasteiger partial charge in [-0.05, 0) is 56.6 Å². The third-order valence-electron chi connectivity index (χ3n) is 9.24. The van der Waals surface area contributed by atoms with Crippen LogP contribution in [-0.4, -0.2) is 69.9 Å². The molecule has 246 valence electrons. The number of alkyl halides is 3. The Morgan fingerprint density at radius 3 is 2.56 bits per heavy atom. The normalized spacial score (nSPS) is 29.8. The van der Waals surface area contributed by atoms with E-state index >= 15 is 0 Å². The zero-order chi connectivity index (χ0) is 32.7. The van der Waals surface area contributed by atoms with E-state index in [1.54, 1.807) is 0 Å². The number of nitrogens with zero attached hydrogens (tertiary/aromatic N) is 3. The van der Waals surface area contributed by atoms with Crippen LogP contribution >= 0.6 is 0 Å². The Bertz CT molecular complexity index is 1450. The van der Waals surface area contributed by atoms with Crippen molar-refractivity contribution in [1.29, 1.82) is 0 Å². The second kappa shape index (κ2) is 12.3. The molecule has 2 fully saturated rings. The average Bonchev–Trinajstić information content (AvgIpc) is 3.43. The number of alkyl carbamates (subject to hydrolysis) is 1. The van der Waals surface area contributed by atoms with Gasteiger partial charge in [0.25, 0.3) is 0 Å². The van der Waals surface area contributed by atoms with Crippen LogP contribution < -0.4 is 14.8 Å². The number of hydrogen-bond acceptors (Lipinski definition) is 8. The molecule has 3 heterocycles. The minimum Gasteiger partial charge on any atom is -0.471 e. The van der Waals surface area contributed by atoms with Crippen LogP contribution in [0.2, 0.25) is 0 Å². The molecule has 1 aliphatic carbocycles. The number of amides is 2. The predicted octanol–water partition coefficient (Wildman–Crippen LogP) is 5.75. The molecule has 0 unspecified atom stereocenters. The lowest BCUT2D eigenvalue weighted by Crippen LogP contribution is -2.56. The fourth-order valence-electron chi connectivity index (χ4n) is 6.59. The number of ether oxygens (including phenoxy) is 3. The Morgan fingerprint density at radius 2 is 1.89 bits per heavy atom. The van der Waals surface area contributed by atoms with E-state index in [1.165, 1.54) is 17.0 Å². The number of aromatic nitrogens is 2. The Labute approximate surface area is 260 Å². The molecule has 1 N–H and O–H groups in total. The van der Waals surface area contributed by atoms with Crippen LogP contribution in [0.25, 0.3) is 11.0 Å². The topological polar surface area (TPSA) is 120 Å². The number of benzene rings is 1. The Hall–Kier alpha value is -3.64. The summed E-state index contributed by atoms with van der Waals surface area (Å²) in [6.07, 6.45) is -0.327. The number of aryl methyl sites for hydroxylation is 1. The van der Waals surface area contributed by atoms with E-state index in [1.807, 2.05) is 34.6 Å². The van der Waals surface area contributed by atoms with Gasteiger partial charge in [-0.15, -0.1) is 13.2 Å². The summed E-state index contributed by atoms with van der Waals surface area (Å²) in [4.78, 5) is 50.3. The van der Waals surface area contributed by atoms with E-state index in [0.717, 1.165) is 44.5 Å². The number of carbonyl (C=O) groups is 3. The van der Waals surface area contributed by atoms with Gasteiger partial charge in [0.15, 0.2) is 0 Å². The lowest BCUT2D eigenvalue weighted by atomic mass is 9.85. The van der Waals surface area contributed by atoms with Crippen LogP contribution in [0.3, 0.4) is 0 Å². The van der Waals surface area contributed by atoms with Gasteiger partial charge in [-0.1, -0.05) is 40.5 Å². The van der Waals surface area contributed by atoms with E-state index < -0.39 is 59.2 Å². The molecular formula is C32H41F3N4O6. The SMILES string of the molecule is CC[C@@H]1[C@@H]2CN(C(=O)[C@H](C(C)(C)C)NC(=O)O[C@]3(C)C[C@H]3CCCCCc3nc4ccc(OC(F)(F)F)cc4nc3O2)[C@@H]1C=O. The number of halogens is 3. The Balaban J connectivity index is 1.52. The van der Waals surface area contributed by atoms with Gasteiger partial charge in [0.2, 0.25) is 11.8 Å². The van der Waals surface area contributed by atoms with Crippen LogP contribution in [0.5, 0.6) is 11.6 Å². The van der Waals surface area contributed by atoms with Crippen molar-refractivity contribution in [2.45, 2.75) is 110 Å². The Morgan fingerprint density at radius 1 is 1.13 bits per heavy atom. The molecular weight excluding hydrogens is 593 g/mol. The minimum absolute atomic E-state index is 0.0419. The third kappa shape index (κ3) is 7.27. The maximum Gasteiger partial charge on any atom is 0.573 e. The van der Waals surface area contributed by atoms with E-state index in [0.29, 0.717) is 24.1 Å². The predicted molar refractivity (Wildman–Crippen MR) is 158 cm³/mol. The van der Waals surface area contributed by atoms with Gasteiger partial charge >= 0.3 is 12.5 Å². The molecule has 1 aromatic carbocycles. The van der Waals surface area contributed by atoms with Crippen molar-refractivity contribution in [1.82, 2.24) is 20.2 Å². The molecule has 10 nitrogen and oxygen atoms in total. The highest BCUT2D eigenvalue weighted by Gasteiger charge is 2.54. The van der Waals surface area contributed by atoms with E-state index in [9.17, 15) is 27.6 Å². The van der Waals surface area contributed by atoms with Crippen LogP contribution in [0.1, 0.15) is 78.8 Å². The molecule has 0 radical (unpaired) electrons. The van der Waals surface area contributed by atoms with Crippen molar-refractivity contribution in [3.63, 3.8) is 0 Å². The molecule has 3 aliphatic rings. The van der Waals surface area contributed by atoms with Crippen molar-refractivity contribution in [2.75, 3.05) is 6.54 Å². The van der Waals surface area contributed by atoms with E-state index in [-0.39, 0.29) is 23.9 Å². The first-order valence-corrected chi connectivity index (χ1v) is 15.6. The van der Waals surface area contributed by atoms with Gasteiger partial charge in [0.1, 0.15) is 35.5 Å². The van der Waals surface area contributed by atoms with Crippen LogP contribution in [0.4, 0.5) is 18.0 Å². The fraction of sp³-hybridized carbons (Fsp3) is 0.656. The van der Waals surface area contributed by atoms with Crippen molar-refractivity contribution in [2.24, 2.45) is 17.3 Å². The number of hydrogen-bond donors (Lipinski definition) is 1. The van der Waals surface area contributed by atoms with Gasteiger partial charge in [0, 0.05) is 17.9 Å². The zero-order valence-corrected chi connectivity index (χ0v) is 26.3. The quantitative estimate of drug-likeness (QED) is 0.424. The summed E-state index contributed by atoms with van der Waals surface area (Å²) in [5, 5.41) is 2.79. The summed E-state index contributed by atoms with van der Waals surface area (Å²) in [5.41, 5.74) is -0.202. The number of fused-ring (bicyclic) bond motifs is 5. The van der Waals surface area contributed by atoms with Crippen molar-refractivity contribution >= 4 is 29.3 Å². The summed E-state index contributed by atoms with van der Waals surface area (Å²) in [6.45, 7) is 9.32. The lowest BCUT2D eigenvalue weighted by molar-refractivity contribution is -0.274. The zero-order valence-electron chi connectivity index (χ0n) is 26.3. The molecule has 2 aromatic rings. The highest BCUT2D eigenvalue weighted by Crippen LogP contribution is 2.49. The highest BCUT2D eigenvalue weighted by atomic mass is 19.4. The van der Waals surface area contributed by atoms with Crippen molar-refractivity contribution in [3.05, 3.63) is 23.9 Å². The molecule has 1 saturated carbocycles. The largest absolute Gasteiger partial charge is 0.573 e. The van der Waals surface area contributed by atoms with Crippen molar-refractivity contribution < 1.29 is 41.8 Å². The van der Waals surface area contributed by atoms with Gasteiger partial charge in [-0.3, -0.25) is 4.79 Å². The maximum atomic E-state index is 14.1. The highest BCUT2D eigenvalue weighted by molar-refractivity contribution is 5.89. The third-order valence-corrected chi connectivity index (χ3v) is 9.24. The molecule has 2 amide bonds. The number of nitrogens with one attached hydrogen (secondary N) is 1. The summed E-state index contributed by atoms with van der Waals surface area (Å²) >= 11 is 0. The molecule has 6 atom stereocenters. The molecule has 2 bridgehead atoms. The number of aldehydes is 1. The molecule has 1 saturated heterocycles. The lowest BCUT2D eigenvalue weighted by Gasteiger charge is -2.35. The first-order chi connectivity index (χ1) is 21.1. The van der Waals surface area contributed by atoms with Gasteiger partial charge in [0.05, 0.1) is 23.6 Å². The smallest absolute Gasteiger partial charge is 0.471 e. The number of carbonyl (C=O) groups excluding carboxylic acids is 3. The van der Waals surface area contributed by atoms with Crippen molar-refractivity contribution in [3.8, 4) is 11.6 Å². The van der Waals surface area contributed by atoms with Gasteiger partial charge in [-0.2, -0.15) is 0 Å². The molecule has 45 heavy (non-hydrogen) atoms. The summed E-state index contributed by atoms with van der Waals surface area (Å²) in [5.74, 6) is -0.904. The summed E-state index contributed by atoms with van der Waals surface area (Å²) in [7, 11) is 0. The van der Waals surface area contributed by atoms with Gasteiger partial charge < -0.3 is 29.2 Å². The van der Waals surface area contributed by atoms with E-state index in [4.69, 9.17) is 14.5 Å². The summed E-state index contributed by atoms with van der Waals surface area (Å²) < 4.78 is 55.1. The molecule has 0 spiro atoms. The van der Waals surface area contributed by atoms with Gasteiger partial charge in [-0.25, -0.2) is 14.8 Å². The maximum absolute atomic E-state index is 14.1. The molecule has 1 aromatic heterocycles. The molecule has 13 heteroatoms. The van der Waals surface area contributed by atoms with E-state index in [2.05, 4.69) is 15.0 Å². The fourth-order valence-corrected chi connectivity index (χ4v) is 6.59. The number of rotatable bonds is 3. The standard InChI is InChI=1S/C32H41F3N4O6/c1-6-20-24(17-40)39-16-25(20)43-27-22(36-21-13-12-19(14-23(21)37-27)44-32(33,34)35)11-9-7-8-10-18-15-31(18,5)45-29(42)38-26(28(39)41)30(2,3)4/h12-14,17-18,20,24-26H,6-11,15-16H2,1-5H3,(H,38,42)/t18-,20+,24-,25+,26-,31-/m1/s1. The second-order valence-electron chi connectivity index (χ2n) is 13.7.